The summed E-state index contributed by atoms with van der Waals surface area (Å²) in [5, 5.41) is 3.15. The Kier molecular flexibility index (Phi) is 2.53. The molecule has 0 fully saturated rings. The quantitative estimate of drug-likeness (QED) is 0.617. The van der Waals surface area contributed by atoms with Gasteiger partial charge in [0.15, 0.2) is 0 Å². The highest BCUT2D eigenvalue weighted by Crippen LogP contribution is 2.32. The molecule has 0 spiro atoms. The minimum atomic E-state index is -0.243. The maximum atomic E-state index is 12.9. The molecule has 0 radical (unpaired) electrons. The van der Waals surface area contributed by atoms with Gasteiger partial charge in [-0.2, -0.15) is 0 Å². The molecule has 0 atom stereocenters. The fraction of sp³-hybridized carbons (Fsp3) is 0. The maximum Gasteiger partial charge on any atom is 0.223 e. The van der Waals surface area contributed by atoms with Crippen LogP contribution in [0.4, 0.5) is 4.39 Å². The number of hydrogen-bond donors (Lipinski definition) is 0. The number of hydrogen-bond acceptors (Lipinski definition) is 3. The molecule has 0 bridgehead atoms. The molecule has 0 saturated heterocycles. The molecule has 17 heavy (non-hydrogen) atoms. The highest BCUT2D eigenvalue weighted by molar-refractivity contribution is 7.17. The molecule has 84 valence electrons. The van der Waals surface area contributed by atoms with E-state index in [4.69, 9.17) is 11.6 Å². The Balaban J connectivity index is 2.21. The van der Waals surface area contributed by atoms with E-state index in [-0.39, 0.29) is 11.1 Å². The van der Waals surface area contributed by atoms with Crippen molar-refractivity contribution < 1.29 is 4.39 Å². The normalized spacial score (nSPS) is 10.9. The van der Waals surface area contributed by atoms with Crippen LogP contribution in [0.25, 0.3) is 21.3 Å². The second-order valence-corrected chi connectivity index (χ2v) is 4.71. The summed E-state index contributed by atoms with van der Waals surface area (Å²) >= 11 is 7.23. The molecule has 3 aromatic rings. The molecular formula is C12H6ClFN2S. The summed E-state index contributed by atoms with van der Waals surface area (Å²) in [4.78, 5) is 8.95. The number of fused-ring (bicyclic) bond motifs is 1. The van der Waals surface area contributed by atoms with Crippen LogP contribution in [0.3, 0.4) is 0 Å². The summed E-state index contributed by atoms with van der Waals surface area (Å²) in [6, 6.07) is 6.36. The highest BCUT2D eigenvalue weighted by atomic mass is 35.5. The summed E-state index contributed by atoms with van der Waals surface area (Å²) in [5.74, 6) is -0.243. The van der Waals surface area contributed by atoms with Crippen molar-refractivity contribution in [1.82, 2.24) is 9.97 Å². The largest absolute Gasteiger partial charge is 0.226 e. The van der Waals surface area contributed by atoms with Crippen molar-refractivity contribution in [2.75, 3.05) is 0 Å². The van der Waals surface area contributed by atoms with Crippen molar-refractivity contribution in [3.05, 3.63) is 46.9 Å². The summed E-state index contributed by atoms with van der Waals surface area (Å²) in [6.45, 7) is 0. The SMILES string of the molecule is Fc1ccc(-c2csc3nc(Cl)ncc23)cc1. The number of aromatic nitrogens is 2. The first-order chi connectivity index (χ1) is 8.24. The van der Waals surface area contributed by atoms with Crippen molar-refractivity contribution >= 4 is 33.2 Å². The first-order valence-electron chi connectivity index (χ1n) is 4.90. The Morgan fingerprint density at radius 1 is 1.18 bits per heavy atom. The Hall–Kier alpha value is -1.52. The van der Waals surface area contributed by atoms with Crippen molar-refractivity contribution in [2.45, 2.75) is 0 Å². The van der Waals surface area contributed by atoms with Crippen LogP contribution in [-0.2, 0) is 0 Å². The Morgan fingerprint density at radius 3 is 2.71 bits per heavy atom. The molecule has 1 aromatic carbocycles. The molecular weight excluding hydrogens is 259 g/mol. The van der Waals surface area contributed by atoms with E-state index in [1.807, 2.05) is 5.38 Å². The molecule has 2 nitrogen and oxygen atoms in total. The number of halogens is 2. The zero-order valence-corrected chi connectivity index (χ0v) is 10.1. The van der Waals surface area contributed by atoms with E-state index in [0.717, 1.165) is 21.3 Å². The van der Waals surface area contributed by atoms with Gasteiger partial charge in [-0.1, -0.05) is 12.1 Å². The molecule has 0 saturated carbocycles. The Bertz CT molecular complexity index is 679. The molecule has 0 unspecified atom stereocenters. The third-order valence-electron chi connectivity index (χ3n) is 2.46. The first-order valence-corrected chi connectivity index (χ1v) is 6.15. The third kappa shape index (κ3) is 1.90. The molecule has 5 heteroatoms. The topological polar surface area (TPSA) is 25.8 Å². The predicted molar refractivity (Wildman–Crippen MR) is 67.8 cm³/mol. The molecule has 0 aliphatic rings. The second kappa shape index (κ2) is 4.05. The van der Waals surface area contributed by atoms with Crippen molar-refractivity contribution in [2.24, 2.45) is 0 Å². The fourth-order valence-electron chi connectivity index (χ4n) is 1.65. The monoisotopic (exact) mass is 264 g/mol. The van der Waals surface area contributed by atoms with Gasteiger partial charge in [-0.15, -0.1) is 11.3 Å². The zero-order chi connectivity index (χ0) is 11.8. The first kappa shape index (κ1) is 10.6. The maximum absolute atomic E-state index is 12.9. The highest BCUT2D eigenvalue weighted by Gasteiger charge is 2.08. The molecule has 0 N–H and O–H groups in total. The summed E-state index contributed by atoms with van der Waals surface area (Å²) in [7, 11) is 0. The Morgan fingerprint density at radius 2 is 1.94 bits per heavy atom. The van der Waals surface area contributed by atoms with Crippen LogP contribution < -0.4 is 0 Å². The van der Waals surface area contributed by atoms with Gasteiger partial charge < -0.3 is 0 Å². The van der Waals surface area contributed by atoms with Gasteiger partial charge in [-0.3, -0.25) is 0 Å². The van der Waals surface area contributed by atoms with Crippen molar-refractivity contribution in [3.8, 4) is 11.1 Å². The van der Waals surface area contributed by atoms with Crippen LogP contribution in [0, 0.1) is 5.82 Å². The molecule has 0 amide bonds. The van der Waals surface area contributed by atoms with Crippen LogP contribution in [0.5, 0.6) is 0 Å². The summed E-state index contributed by atoms with van der Waals surface area (Å²) in [6.07, 6.45) is 1.69. The lowest BCUT2D eigenvalue weighted by Crippen LogP contribution is -1.81. The molecule has 0 aliphatic carbocycles. The standard InChI is InChI=1S/C12H6ClFN2S/c13-12-15-5-9-10(6-17-11(9)16-12)7-1-3-8(14)4-2-7/h1-6H. The van der Waals surface area contributed by atoms with E-state index < -0.39 is 0 Å². The molecule has 2 aromatic heterocycles. The second-order valence-electron chi connectivity index (χ2n) is 3.51. The van der Waals surface area contributed by atoms with E-state index in [0.29, 0.717) is 0 Å². The van der Waals surface area contributed by atoms with Gasteiger partial charge in [0.1, 0.15) is 10.6 Å². The predicted octanol–water partition coefficient (Wildman–Crippen LogP) is 4.15. The number of nitrogens with zero attached hydrogens (tertiary/aromatic N) is 2. The van der Waals surface area contributed by atoms with E-state index in [9.17, 15) is 4.39 Å². The number of thiophene rings is 1. The number of benzene rings is 1. The zero-order valence-electron chi connectivity index (χ0n) is 8.52. The Labute approximate surface area is 106 Å². The fourth-order valence-corrected chi connectivity index (χ4v) is 2.76. The number of rotatable bonds is 1. The lowest BCUT2D eigenvalue weighted by molar-refractivity contribution is 0.628. The van der Waals surface area contributed by atoms with Crippen LogP contribution in [0.1, 0.15) is 0 Å². The van der Waals surface area contributed by atoms with Crippen LogP contribution in [0.15, 0.2) is 35.8 Å². The van der Waals surface area contributed by atoms with Gasteiger partial charge in [-0.25, -0.2) is 14.4 Å². The van der Waals surface area contributed by atoms with Gasteiger partial charge in [0.25, 0.3) is 0 Å². The molecule has 0 aliphatic heterocycles. The van der Waals surface area contributed by atoms with Gasteiger partial charge in [0.2, 0.25) is 5.28 Å². The minimum Gasteiger partial charge on any atom is -0.226 e. The molecule has 2 heterocycles. The average molecular weight is 265 g/mol. The minimum absolute atomic E-state index is 0.241. The van der Waals surface area contributed by atoms with Gasteiger partial charge in [0.05, 0.1) is 0 Å². The van der Waals surface area contributed by atoms with Gasteiger partial charge >= 0.3 is 0 Å². The molecule has 3 rings (SSSR count). The van der Waals surface area contributed by atoms with Crippen molar-refractivity contribution in [1.29, 1.82) is 0 Å². The van der Waals surface area contributed by atoms with E-state index in [1.165, 1.54) is 23.5 Å². The summed E-state index contributed by atoms with van der Waals surface area (Å²) < 4.78 is 12.9. The summed E-state index contributed by atoms with van der Waals surface area (Å²) in [5.41, 5.74) is 1.95. The lowest BCUT2D eigenvalue weighted by atomic mass is 10.1. The van der Waals surface area contributed by atoms with E-state index in [2.05, 4.69) is 9.97 Å². The van der Waals surface area contributed by atoms with E-state index >= 15 is 0 Å². The average Bonchev–Trinajstić information content (AvgIpc) is 2.73. The van der Waals surface area contributed by atoms with Gasteiger partial charge in [-0.05, 0) is 29.3 Å². The van der Waals surface area contributed by atoms with Crippen LogP contribution in [-0.4, -0.2) is 9.97 Å². The van der Waals surface area contributed by atoms with Crippen LogP contribution in [0.2, 0.25) is 5.28 Å². The lowest BCUT2D eigenvalue weighted by Gasteiger charge is -1.99. The van der Waals surface area contributed by atoms with Crippen LogP contribution >= 0.6 is 22.9 Å². The third-order valence-corrected chi connectivity index (χ3v) is 3.53. The van der Waals surface area contributed by atoms with Gasteiger partial charge in [0, 0.05) is 22.5 Å². The smallest absolute Gasteiger partial charge is 0.223 e. The van der Waals surface area contributed by atoms with Crippen molar-refractivity contribution in [3.63, 3.8) is 0 Å². The van der Waals surface area contributed by atoms with E-state index in [1.54, 1.807) is 18.3 Å².